The molecule has 5 nitrogen and oxygen atoms in total. The highest BCUT2D eigenvalue weighted by Gasteiger charge is 2.33. The fraction of sp³-hybridized carbons (Fsp3) is 0.542. The van der Waals surface area contributed by atoms with E-state index in [0.29, 0.717) is 24.4 Å². The van der Waals surface area contributed by atoms with Crippen LogP contribution in [0.4, 0.5) is 0 Å². The van der Waals surface area contributed by atoms with Crippen molar-refractivity contribution in [3.8, 4) is 6.07 Å². The van der Waals surface area contributed by atoms with Crippen LogP contribution in [-0.2, 0) is 16.1 Å². The van der Waals surface area contributed by atoms with Crippen LogP contribution < -0.4 is 0 Å². The lowest BCUT2D eigenvalue weighted by molar-refractivity contribution is -0.149. The molecule has 0 unspecified atom stereocenters. The van der Waals surface area contributed by atoms with E-state index < -0.39 is 0 Å². The van der Waals surface area contributed by atoms with Gasteiger partial charge in [-0.05, 0) is 43.1 Å². The van der Waals surface area contributed by atoms with E-state index in [2.05, 4.69) is 26.8 Å². The Bertz CT molecular complexity index is 922. The maximum Gasteiger partial charge on any atom is 0.309 e. The number of hydrogen-bond acceptors (Lipinski definition) is 4. The van der Waals surface area contributed by atoms with E-state index >= 15 is 0 Å². The summed E-state index contributed by atoms with van der Waals surface area (Å²) in [5.41, 5.74) is 1.73. The minimum atomic E-state index is -0.251. The van der Waals surface area contributed by atoms with Gasteiger partial charge in [-0.2, -0.15) is 5.26 Å². The topological polar surface area (TPSA) is 72.1 Å². The molecule has 0 aliphatic heterocycles. The molecule has 1 aromatic heterocycles. The van der Waals surface area contributed by atoms with Crippen molar-refractivity contribution in [3.05, 3.63) is 36.0 Å². The van der Waals surface area contributed by atoms with Gasteiger partial charge in [-0.1, -0.05) is 39.0 Å². The number of nitrogens with zero attached hydrogens (tertiary/aromatic N) is 2. The number of esters is 1. The zero-order chi connectivity index (χ0) is 21.0. The van der Waals surface area contributed by atoms with Crippen molar-refractivity contribution in [3.63, 3.8) is 0 Å². The number of para-hydroxylation sites is 1. The third kappa shape index (κ3) is 4.87. The highest BCUT2D eigenvalue weighted by molar-refractivity contribution is 6.09. The lowest BCUT2D eigenvalue weighted by Gasteiger charge is -2.36. The first kappa shape index (κ1) is 21.1. The summed E-state index contributed by atoms with van der Waals surface area (Å²) in [4.78, 5) is 25.2. The van der Waals surface area contributed by atoms with Gasteiger partial charge in [0, 0.05) is 29.2 Å². The van der Waals surface area contributed by atoms with Gasteiger partial charge in [0.2, 0.25) is 5.78 Å². The van der Waals surface area contributed by atoms with Crippen LogP contribution in [0.3, 0.4) is 0 Å². The van der Waals surface area contributed by atoms with Crippen molar-refractivity contribution in [2.45, 2.75) is 59.4 Å². The van der Waals surface area contributed by atoms with Gasteiger partial charge in [-0.3, -0.25) is 9.59 Å². The Morgan fingerprint density at radius 3 is 2.52 bits per heavy atom. The van der Waals surface area contributed by atoms with Crippen molar-refractivity contribution >= 4 is 22.7 Å². The standard InChI is InChI=1S/C24H30N2O3/c1-24(2,3)18-11-9-17(10-12-18)23(28)29-16-22(27)20-15-26(14-6-13-25)21-8-5-4-7-19(20)21/h4-5,7-8,15,17-18H,6,9-12,14,16H2,1-3H3. The molecule has 1 saturated carbocycles. The van der Waals surface area contributed by atoms with Gasteiger partial charge in [0.05, 0.1) is 18.4 Å². The summed E-state index contributed by atoms with van der Waals surface area (Å²) >= 11 is 0. The summed E-state index contributed by atoms with van der Waals surface area (Å²) < 4.78 is 7.33. The molecule has 0 spiro atoms. The van der Waals surface area contributed by atoms with Crippen LogP contribution >= 0.6 is 0 Å². The van der Waals surface area contributed by atoms with Crippen LogP contribution in [0.5, 0.6) is 0 Å². The molecule has 0 saturated heterocycles. The molecule has 0 N–H and O–H groups in total. The molecule has 5 heteroatoms. The van der Waals surface area contributed by atoms with E-state index in [1.165, 1.54) is 0 Å². The molecular weight excluding hydrogens is 364 g/mol. The summed E-state index contributed by atoms with van der Waals surface area (Å²) in [5, 5.41) is 9.69. The number of ketones is 1. The number of aromatic nitrogens is 1. The summed E-state index contributed by atoms with van der Waals surface area (Å²) in [6.07, 6.45) is 5.88. The fourth-order valence-electron chi connectivity index (χ4n) is 4.35. The lowest BCUT2D eigenvalue weighted by Crippen LogP contribution is -2.30. The van der Waals surface area contributed by atoms with E-state index in [9.17, 15) is 9.59 Å². The molecule has 2 aromatic rings. The van der Waals surface area contributed by atoms with Crippen LogP contribution in [-0.4, -0.2) is 22.9 Å². The molecule has 0 amide bonds. The van der Waals surface area contributed by atoms with Crippen LogP contribution in [0.2, 0.25) is 0 Å². The average Bonchev–Trinajstić information content (AvgIpc) is 3.08. The SMILES string of the molecule is CC(C)(C)C1CCC(C(=O)OCC(=O)c2cn(CCC#N)c3ccccc23)CC1. The minimum Gasteiger partial charge on any atom is -0.457 e. The number of benzene rings is 1. The number of Topliss-reactive ketones (excluding diaryl/α,β-unsaturated/α-hetero) is 1. The normalized spacial score (nSPS) is 19.7. The van der Waals surface area contributed by atoms with E-state index in [1.54, 1.807) is 6.20 Å². The number of carbonyl (C=O) groups is 2. The van der Waals surface area contributed by atoms with Gasteiger partial charge in [-0.25, -0.2) is 0 Å². The first-order valence-corrected chi connectivity index (χ1v) is 10.5. The monoisotopic (exact) mass is 394 g/mol. The zero-order valence-electron chi connectivity index (χ0n) is 17.6. The predicted octanol–water partition coefficient (Wildman–Crippen LogP) is 5.13. The lowest BCUT2D eigenvalue weighted by atomic mass is 9.70. The molecule has 3 rings (SSSR count). The Balaban J connectivity index is 1.61. The van der Waals surface area contributed by atoms with E-state index in [4.69, 9.17) is 10.00 Å². The number of aryl methyl sites for hydroxylation is 1. The average molecular weight is 395 g/mol. The number of rotatable bonds is 6. The highest BCUT2D eigenvalue weighted by Crippen LogP contribution is 2.40. The van der Waals surface area contributed by atoms with Gasteiger partial charge in [0.15, 0.2) is 6.61 Å². The van der Waals surface area contributed by atoms with Gasteiger partial charge in [-0.15, -0.1) is 0 Å². The third-order valence-electron chi connectivity index (χ3n) is 6.18. The number of ether oxygens (including phenoxy) is 1. The van der Waals surface area contributed by atoms with Crippen molar-refractivity contribution in [2.75, 3.05) is 6.61 Å². The Hall–Kier alpha value is -2.61. The summed E-state index contributed by atoms with van der Waals surface area (Å²) in [6.45, 7) is 7.05. The van der Waals surface area contributed by atoms with Gasteiger partial charge in [0.25, 0.3) is 0 Å². The molecule has 1 fully saturated rings. The highest BCUT2D eigenvalue weighted by atomic mass is 16.5. The smallest absolute Gasteiger partial charge is 0.309 e. The summed E-state index contributed by atoms with van der Waals surface area (Å²) in [5.74, 6) is 0.0821. The number of hydrogen-bond donors (Lipinski definition) is 0. The maximum absolute atomic E-state index is 12.8. The van der Waals surface area contributed by atoms with Crippen LogP contribution in [0.25, 0.3) is 10.9 Å². The molecular formula is C24H30N2O3. The van der Waals surface area contributed by atoms with Crippen molar-refractivity contribution in [1.82, 2.24) is 4.57 Å². The summed E-state index contributed by atoms with van der Waals surface area (Å²) in [7, 11) is 0. The minimum absolute atomic E-state index is 0.0987. The van der Waals surface area contributed by atoms with Crippen molar-refractivity contribution in [1.29, 1.82) is 5.26 Å². The zero-order valence-corrected chi connectivity index (χ0v) is 17.6. The van der Waals surface area contributed by atoms with Crippen LogP contribution in [0, 0.1) is 28.6 Å². The number of fused-ring (bicyclic) bond motifs is 1. The molecule has 1 heterocycles. The summed E-state index contributed by atoms with van der Waals surface area (Å²) in [6, 6.07) is 9.75. The predicted molar refractivity (Wildman–Crippen MR) is 112 cm³/mol. The molecule has 0 bridgehead atoms. The molecule has 0 atom stereocenters. The van der Waals surface area contributed by atoms with Crippen LogP contribution in [0.15, 0.2) is 30.5 Å². The number of carbonyl (C=O) groups excluding carboxylic acids is 2. The maximum atomic E-state index is 12.8. The quantitative estimate of drug-likeness (QED) is 0.503. The Morgan fingerprint density at radius 2 is 1.86 bits per heavy atom. The molecule has 154 valence electrons. The van der Waals surface area contributed by atoms with Gasteiger partial charge in [0.1, 0.15) is 0 Å². The first-order chi connectivity index (χ1) is 13.8. The Morgan fingerprint density at radius 1 is 1.17 bits per heavy atom. The molecule has 0 radical (unpaired) electrons. The Labute approximate surface area is 172 Å². The molecule has 1 aromatic carbocycles. The molecule has 1 aliphatic carbocycles. The second kappa shape index (κ2) is 8.82. The molecule has 29 heavy (non-hydrogen) atoms. The first-order valence-electron chi connectivity index (χ1n) is 10.5. The third-order valence-corrected chi connectivity index (χ3v) is 6.18. The Kier molecular flexibility index (Phi) is 6.42. The van der Waals surface area contributed by atoms with E-state index in [1.807, 2.05) is 28.8 Å². The van der Waals surface area contributed by atoms with Gasteiger partial charge < -0.3 is 9.30 Å². The van der Waals surface area contributed by atoms with Crippen molar-refractivity contribution < 1.29 is 14.3 Å². The fourth-order valence-corrected chi connectivity index (χ4v) is 4.35. The van der Waals surface area contributed by atoms with E-state index in [-0.39, 0.29) is 29.7 Å². The largest absolute Gasteiger partial charge is 0.457 e. The van der Waals surface area contributed by atoms with Crippen molar-refractivity contribution in [2.24, 2.45) is 17.3 Å². The van der Waals surface area contributed by atoms with Gasteiger partial charge >= 0.3 is 5.97 Å². The second-order valence-corrected chi connectivity index (χ2v) is 9.11. The van der Waals surface area contributed by atoms with Crippen LogP contribution in [0.1, 0.15) is 63.2 Å². The number of nitriles is 1. The van der Waals surface area contributed by atoms with E-state index in [0.717, 1.165) is 36.6 Å². The second-order valence-electron chi connectivity index (χ2n) is 9.11. The molecule has 1 aliphatic rings.